The molecule has 0 aromatic rings. The highest BCUT2D eigenvalue weighted by atomic mass is 19.1. The van der Waals surface area contributed by atoms with Crippen LogP contribution in [0.25, 0.3) is 0 Å². The molecule has 0 aliphatic carbocycles. The van der Waals surface area contributed by atoms with Crippen molar-refractivity contribution in [3.8, 4) is 0 Å². The van der Waals surface area contributed by atoms with Gasteiger partial charge in [0.2, 0.25) is 0 Å². The second-order valence-electron chi connectivity index (χ2n) is 0.413. The zero-order valence-corrected chi connectivity index (χ0v) is 4.06. The van der Waals surface area contributed by atoms with Gasteiger partial charge in [0.05, 0.1) is 6.67 Å². The number of hydrogen-bond donors (Lipinski definition) is 1. The smallest absolute Gasteiger partial charge is 0.0866 e. The highest BCUT2D eigenvalue weighted by Gasteiger charge is 1.39. The van der Waals surface area contributed by atoms with E-state index in [1.807, 2.05) is 0 Å². The van der Waals surface area contributed by atoms with Gasteiger partial charge in [0, 0.05) is 9.35 Å². The first-order valence-electron chi connectivity index (χ1n) is 3.00. The molecule has 0 rings (SSSR count). The molecule has 0 atom stereocenters. The van der Waals surface area contributed by atoms with Gasteiger partial charge >= 0.3 is 0 Å². The van der Waals surface area contributed by atoms with Crippen molar-refractivity contribution in [2.24, 2.45) is 0 Å². The number of aliphatic hydroxyl groups excluding tert-OH is 1. The maximum Gasteiger partial charge on any atom is 0.0866 e. The predicted octanol–water partition coefficient (Wildman–Crippen LogP) is 1.76. The van der Waals surface area contributed by atoms with Gasteiger partial charge in [0.1, 0.15) is 0 Å². The summed E-state index contributed by atoms with van der Waals surface area (Å²) in [5, 5.41) is 7.69. The van der Waals surface area contributed by atoms with Gasteiger partial charge in [0.15, 0.2) is 0 Å². The molecule has 0 aromatic heterocycles. The van der Waals surface area contributed by atoms with E-state index in [9.17, 15) is 4.39 Å². The van der Waals surface area contributed by atoms with Crippen LogP contribution in [0.4, 0.5) is 9.09 Å². The lowest BCUT2D eigenvalue weighted by molar-refractivity contribution is 0.318. The van der Waals surface area contributed by atoms with Crippen LogP contribution in [0, 0.1) is 0 Å². The van der Waals surface area contributed by atoms with Gasteiger partial charge in [-0.25, -0.2) is 0 Å². The second-order valence-corrected chi connectivity index (χ2v) is 0.413. The van der Waals surface area contributed by atoms with Gasteiger partial charge in [-0.15, -0.1) is 0 Å². The molecule has 0 unspecified atom stereocenters. The summed E-state index contributed by atoms with van der Waals surface area (Å²) in [4.78, 5) is 0. The van der Waals surface area contributed by atoms with Gasteiger partial charge in [-0.05, 0) is 13.8 Å². The normalized spacial score (nSPS) is 7.75. The van der Waals surface area contributed by atoms with Crippen molar-refractivity contribution in [3.05, 3.63) is 0 Å². The van der Waals surface area contributed by atoms with Crippen molar-refractivity contribution >= 4 is 0 Å². The molecule has 0 aliphatic rings. The fraction of sp³-hybridized carbons (Fsp3) is 1.00. The topological polar surface area (TPSA) is 20.2 Å². The van der Waals surface area contributed by atoms with Gasteiger partial charge < -0.3 is 5.11 Å². The van der Waals surface area contributed by atoms with Crippen LogP contribution in [0.15, 0.2) is 0 Å². The standard InChI is InChI=1S/C2H5F.C2H6O.CH4.FH/c2*1-2-3;;/h2H2,1H3;3H,2H2,1H3;1H4;1H/i2*1T;;. The molecule has 3 heteroatoms. The van der Waals surface area contributed by atoms with E-state index in [1.165, 1.54) is 0 Å². The van der Waals surface area contributed by atoms with Crippen LogP contribution in [-0.2, 0) is 0 Å². The molecule has 0 fully saturated rings. The van der Waals surface area contributed by atoms with Gasteiger partial charge in [0.25, 0.3) is 0 Å². The molecule has 8 heavy (non-hydrogen) atoms. The summed E-state index contributed by atoms with van der Waals surface area (Å²) in [6, 6.07) is 0. The summed E-state index contributed by atoms with van der Waals surface area (Å²) in [5.74, 6) is 0. The summed E-state index contributed by atoms with van der Waals surface area (Å²) in [5.41, 5.74) is 0. The lowest BCUT2D eigenvalue weighted by Gasteiger charge is -1.52. The number of halogens is 2. The maximum absolute atomic E-state index is 10.5. The third-order valence-corrected chi connectivity index (χ3v) is 0. The summed E-state index contributed by atoms with van der Waals surface area (Å²) in [7, 11) is 0. The summed E-state index contributed by atoms with van der Waals surface area (Å²) >= 11 is 0. The van der Waals surface area contributed by atoms with Crippen LogP contribution >= 0.6 is 0 Å². The van der Waals surface area contributed by atoms with Gasteiger partial charge in [-0.1, -0.05) is 7.43 Å². The third kappa shape index (κ3) is 4170. The second kappa shape index (κ2) is 69.7. The zero-order valence-electron chi connectivity index (χ0n) is 6.06. The van der Waals surface area contributed by atoms with Crippen LogP contribution in [-0.4, -0.2) is 18.4 Å². The minimum atomic E-state index is -0.514. The monoisotopic (exact) mass is 134 g/mol. The Kier molecular flexibility index (Phi) is 93.6. The Labute approximate surface area is 52.7 Å². The fourth-order valence-corrected chi connectivity index (χ4v) is 0. The van der Waals surface area contributed by atoms with E-state index in [2.05, 4.69) is 0 Å². The van der Waals surface area contributed by atoms with Gasteiger partial charge in [-0.3, -0.25) is 9.09 Å². The molecule has 0 spiro atoms. The van der Waals surface area contributed by atoms with Crippen LogP contribution in [0.3, 0.4) is 0 Å². The minimum absolute atomic E-state index is 0. The number of hydrogen-bond acceptors (Lipinski definition) is 1. The first-order chi connectivity index (χ1) is 3.83. The molecule has 0 saturated heterocycles. The highest BCUT2D eigenvalue weighted by molar-refractivity contribution is 3.86. The van der Waals surface area contributed by atoms with Crippen LogP contribution in [0.2, 0.25) is 0 Å². The maximum atomic E-state index is 10.5. The minimum Gasteiger partial charge on any atom is -0.397 e. The van der Waals surface area contributed by atoms with E-state index >= 15 is 0 Å². The highest BCUT2D eigenvalue weighted by Crippen LogP contribution is 1.48. The van der Waals surface area contributed by atoms with E-state index in [0.717, 1.165) is 0 Å². The molecule has 1 N–H and O–H groups in total. The Morgan fingerprint density at radius 2 is 1.88 bits per heavy atom. The lowest BCUT2D eigenvalue weighted by atomic mass is 10.9. The molecule has 56 valence electrons. The van der Waals surface area contributed by atoms with Crippen molar-refractivity contribution in [2.75, 3.05) is 13.3 Å². The van der Waals surface area contributed by atoms with Crippen LogP contribution in [0.1, 0.15) is 24.0 Å². The number of aliphatic hydroxyl groups is 1. The summed E-state index contributed by atoms with van der Waals surface area (Å²) < 4.78 is 22.8. The van der Waals surface area contributed by atoms with Gasteiger partial charge in [-0.2, -0.15) is 0 Å². The molecule has 0 amide bonds. The number of rotatable bonds is 0. The van der Waals surface area contributed by atoms with Crippen molar-refractivity contribution in [1.29, 1.82) is 0 Å². The van der Waals surface area contributed by atoms with E-state index in [1.54, 1.807) is 0 Å². The average Bonchev–Trinajstić information content (AvgIpc) is 1.88. The first-order valence-corrected chi connectivity index (χ1v) is 1.58. The lowest BCUT2D eigenvalue weighted by Crippen LogP contribution is -1.57. The van der Waals surface area contributed by atoms with Crippen LogP contribution in [0.5, 0.6) is 0 Å². The Morgan fingerprint density at radius 3 is 1.88 bits per heavy atom. The Morgan fingerprint density at radius 1 is 1.62 bits per heavy atom. The van der Waals surface area contributed by atoms with Crippen molar-refractivity contribution in [3.63, 3.8) is 0 Å². The van der Waals surface area contributed by atoms with Crippen LogP contribution < -0.4 is 0 Å². The largest absolute Gasteiger partial charge is 0.397 e. The van der Waals surface area contributed by atoms with Crippen molar-refractivity contribution < 1.29 is 16.9 Å². The average molecular weight is 134 g/mol. The Balaban J connectivity index is -0.0000000300. The van der Waals surface area contributed by atoms with E-state index in [4.69, 9.17) is 7.85 Å². The molecule has 0 saturated carbocycles. The summed E-state index contributed by atoms with van der Waals surface area (Å²) in [6.45, 7) is -0.500. The molecule has 0 aromatic carbocycles. The first kappa shape index (κ1) is 10.7. The zero-order chi connectivity index (χ0) is 6.83. The summed E-state index contributed by atoms with van der Waals surface area (Å²) in [6.07, 6.45) is 0. The molecule has 0 aliphatic heterocycles. The Hall–Kier alpha value is -0.180. The fourth-order valence-electron chi connectivity index (χ4n) is 0. The molecule has 0 bridgehead atoms. The van der Waals surface area contributed by atoms with Crippen molar-refractivity contribution in [1.82, 2.24) is 0 Å². The van der Waals surface area contributed by atoms with E-state index in [-0.39, 0.29) is 32.5 Å². The van der Waals surface area contributed by atoms with E-state index in [0.29, 0.717) is 0 Å². The molecule has 0 radical (unpaired) electrons. The van der Waals surface area contributed by atoms with Crippen molar-refractivity contribution in [2.45, 2.75) is 21.2 Å². The number of alkyl halides is 1. The molecular weight excluding hydrogens is 114 g/mol. The quantitative estimate of drug-likeness (QED) is 0.535. The molecule has 0 heterocycles. The van der Waals surface area contributed by atoms with E-state index < -0.39 is 6.67 Å². The molecule has 1 nitrogen and oxygen atoms in total. The third-order valence-electron chi connectivity index (χ3n) is 0. The molecular formula is C5H16F2O. The SMILES string of the molecule is C.F.[3H]CCF.[3H]CCO. The predicted molar refractivity (Wildman–Crippen MR) is 33.6 cm³/mol. The Bertz CT molecular complexity index is 25.6.